The molecule has 3 aliphatic heterocycles. The third-order valence-corrected chi connectivity index (χ3v) is 8.38. The number of imidazole rings is 1. The predicted molar refractivity (Wildman–Crippen MR) is 116 cm³/mol. The van der Waals surface area contributed by atoms with Crippen LogP contribution in [0.1, 0.15) is 39.7 Å². The van der Waals surface area contributed by atoms with Gasteiger partial charge in [-0.2, -0.15) is 0 Å². The van der Waals surface area contributed by atoms with Crippen molar-refractivity contribution in [1.82, 2.24) is 14.8 Å². The summed E-state index contributed by atoms with van der Waals surface area (Å²) in [5.41, 5.74) is 0.331. The number of nitrogens with zero attached hydrogens (tertiary/aromatic N) is 3. The van der Waals surface area contributed by atoms with Crippen molar-refractivity contribution in [2.75, 3.05) is 6.54 Å². The molecule has 0 unspecified atom stereocenters. The second-order valence-electron chi connectivity index (χ2n) is 8.93. The number of hydrogen-bond donors (Lipinski definition) is 2. The number of aryl methyl sites for hydroxylation is 1. The van der Waals surface area contributed by atoms with E-state index in [1.807, 2.05) is 24.7 Å². The number of amides is 1. The quantitative estimate of drug-likeness (QED) is 0.372. The molecule has 0 radical (unpaired) electrons. The summed E-state index contributed by atoms with van der Waals surface area (Å²) in [6, 6.07) is 0.627. The van der Waals surface area contributed by atoms with Crippen molar-refractivity contribution in [3.8, 4) is 0 Å². The Kier molecular flexibility index (Phi) is 6.05. The number of aromatic nitrogens is 2. The van der Waals surface area contributed by atoms with Crippen LogP contribution in [0.25, 0.3) is 0 Å². The van der Waals surface area contributed by atoms with E-state index in [9.17, 15) is 14.7 Å². The number of allylic oxidation sites excluding steroid dienone is 1. The minimum absolute atomic E-state index is 0.00264. The van der Waals surface area contributed by atoms with Crippen LogP contribution in [0.5, 0.6) is 0 Å². The van der Waals surface area contributed by atoms with Crippen LogP contribution >= 0.6 is 23.4 Å². The molecule has 4 rings (SSSR count). The number of fused-ring (bicyclic) bond motifs is 1. The van der Waals surface area contributed by atoms with Crippen molar-refractivity contribution < 1.29 is 19.3 Å². The molecule has 7 nitrogen and oxygen atoms in total. The second kappa shape index (κ2) is 8.30. The molecule has 2 fully saturated rings. The monoisotopic (exact) mass is 453 g/mol. The maximum atomic E-state index is 12.5. The first kappa shape index (κ1) is 21.9. The van der Waals surface area contributed by atoms with Crippen LogP contribution in [0, 0.1) is 11.8 Å². The first-order valence-electron chi connectivity index (χ1n) is 10.6. The number of rotatable bonds is 7. The Morgan fingerprint density at radius 3 is 2.80 bits per heavy atom. The summed E-state index contributed by atoms with van der Waals surface area (Å²) in [4.78, 5) is 27.1. The molecule has 0 saturated carbocycles. The topological polar surface area (TPSA) is 78.4 Å². The molecule has 3 aliphatic rings. The Hall–Kier alpha value is -1.35. The predicted octanol–water partition coefficient (Wildman–Crippen LogP) is 1.56. The molecule has 7 atom stereocenters. The average Bonchev–Trinajstić information content (AvgIpc) is 3.34. The van der Waals surface area contributed by atoms with Gasteiger partial charge < -0.3 is 15.3 Å². The molecule has 4 heterocycles. The van der Waals surface area contributed by atoms with Crippen LogP contribution in [-0.2, 0) is 16.6 Å². The van der Waals surface area contributed by atoms with Crippen LogP contribution in [0.15, 0.2) is 29.3 Å². The zero-order valence-corrected chi connectivity index (χ0v) is 19.4. The summed E-state index contributed by atoms with van der Waals surface area (Å²) in [6.07, 6.45) is 7.53. The van der Waals surface area contributed by atoms with Crippen LogP contribution in [0.2, 0.25) is 0 Å². The van der Waals surface area contributed by atoms with Crippen molar-refractivity contribution in [2.45, 2.75) is 63.1 Å². The fraction of sp³-hybridized carbons (Fsp3) is 0.667. The number of aliphatic hydroxyl groups is 1. The molecule has 1 amide bonds. The summed E-state index contributed by atoms with van der Waals surface area (Å²) in [5.74, 6) is -0.650. The molecule has 0 bridgehead atoms. The van der Waals surface area contributed by atoms with Crippen LogP contribution < -0.4 is 9.88 Å². The Labute approximate surface area is 186 Å². The molecule has 0 aromatic carbocycles. The smallest absolute Gasteiger partial charge is 0.269 e. The van der Waals surface area contributed by atoms with Gasteiger partial charge in [-0.3, -0.25) is 9.59 Å². The van der Waals surface area contributed by atoms with Gasteiger partial charge in [0.25, 0.3) is 5.24 Å². The number of β-lactam (4-membered cyclic amide) rings is 1. The molecule has 2 N–H and O–H groups in total. The summed E-state index contributed by atoms with van der Waals surface area (Å²) >= 11 is 7.58. The van der Waals surface area contributed by atoms with Crippen LogP contribution in [-0.4, -0.2) is 55.7 Å². The van der Waals surface area contributed by atoms with Crippen molar-refractivity contribution >= 4 is 34.5 Å². The van der Waals surface area contributed by atoms with E-state index in [1.54, 1.807) is 18.7 Å². The lowest BCUT2D eigenvalue weighted by Gasteiger charge is -2.46. The lowest BCUT2D eigenvalue weighted by Crippen LogP contribution is -2.63. The van der Waals surface area contributed by atoms with E-state index in [-0.39, 0.29) is 17.9 Å². The minimum Gasteiger partial charge on any atom is -0.393 e. The van der Waals surface area contributed by atoms with Gasteiger partial charge in [0.05, 0.1) is 31.2 Å². The minimum atomic E-state index is -0.730. The van der Waals surface area contributed by atoms with E-state index in [4.69, 9.17) is 11.6 Å². The highest BCUT2D eigenvalue weighted by Gasteiger charge is 2.59. The number of thioether (sulfide) groups is 1. The van der Waals surface area contributed by atoms with Gasteiger partial charge in [-0.1, -0.05) is 6.92 Å². The van der Waals surface area contributed by atoms with Crippen molar-refractivity contribution in [3.05, 3.63) is 29.3 Å². The molecule has 1 aromatic rings. The van der Waals surface area contributed by atoms with Gasteiger partial charge in [0.15, 0.2) is 0 Å². The van der Waals surface area contributed by atoms with Crippen molar-refractivity contribution in [3.63, 3.8) is 0 Å². The van der Waals surface area contributed by atoms with Gasteiger partial charge in [0.2, 0.25) is 12.2 Å². The van der Waals surface area contributed by atoms with E-state index < -0.39 is 17.3 Å². The number of aliphatic hydroxyl groups excluding tert-OH is 1. The first-order chi connectivity index (χ1) is 14.2. The largest absolute Gasteiger partial charge is 0.393 e. The fourth-order valence-corrected chi connectivity index (χ4v) is 6.93. The molecule has 0 aliphatic carbocycles. The molecule has 2 saturated heterocycles. The average molecular weight is 454 g/mol. The van der Waals surface area contributed by atoms with E-state index in [0.29, 0.717) is 23.0 Å². The van der Waals surface area contributed by atoms with E-state index >= 15 is 0 Å². The van der Waals surface area contributed by atoms with Gasteiger partial charge in [0.1, 0.15) is 18.1 Å². The number of carbonyl (C=O) groups is 2. The van der Waals surface area contributed by atoms with E-state index in [0.717, 1.165) is 24.3 Å². The lowest BCUT2D eigenvalue weighted by molar-refractivity contribution is -0.671. The number of hydrogen-bond acceptors (Lipinski definition) is 5. The van der Waals surface area contributed by atoms with Crippen molar-refractivity contribution in [2.24, 2.45) is 18.9 Å². The van der Waals surface area contributed by atoms with Gasteiger partial charge in [-0.05, 0) is 31.9 Å². The summed E-state index contributed by atoms with van der Waals surface area (Å²) in [7, 11) is 2.02. The summed E-state index contributed by atoms with van der Waals surface area (Å²) < 4.78 is 4.27. The third-order valence-electron chi connectivity index (χ3n) is 6.69. The lowest BCUT2D eigenvalue weighted by atomic mass is 9.79. The Morgan fingerprint density at radius 1 is 1.47 bits per heavy atom. The normalized spacial score (nSPS) is 32.9. The molecule has 9 heteroatoms. The highest BCUT2D eigenvalue weighted by molar-refractivity contribution is 8.03. The highest BCUT2D eigenvalue weighted by atomic mass is 35.5. The molecule has 30 heavy (non-hydrogen) atoms. The first-order valence-corrected chi connectivity index (χ1v) is 11.8. The second-order valence-corrected chi connectivity index (χ2v) is 10.6. The number of nitrogens with one attached hydrogen (secondary N) is 1. The van der Waals surface area contributed by atoms with E-state index in [2.05, 4.69) is 29.3 Å². The third kappa shape index (κ3) is 3.72. The van der Waals surface area contributed by atoms with Crippen LogP contribution in [0.3, 0.4) is 0 Å². The summed E-state index contributed by atoms with van der Waals surface area (Å²) in [5, 5.41) is 13.4. The van der Waals surface area contributed by atoms with Gasteiger partial charge in [-0.25, -0.2) is 9.13 Å². The van der Waals surface area contributed by atoms with Crippen molar-refractivity contribution in [1.29, 1.82) is 0 Å². The maximum Gasteiger partial charge on any atom is 0.269 e. The molecule has 1 aromatic heterocycles. The number of halogens is 1. The molecular weight excluding hydrogens is 424 g/mol. The Balaban J connectivity index is 1.43. The van der Waals surface area contributed by atoms with Crippen LogP contribution in [0.4, 0.5) is 0 Å². The standard InChI is InChI=1S/C21H30ClN4O3S/c1-11(25-6-5-24(4)10-25)7-14-8-15(9-23-14)30-19-12(2)17-16(13(3)27)21(29)26(17)18(19)20(22)28/h5-6,10-17,23,27H,7-9H2,1-4H3/q+1/t11-,12+,13+,14+,15-,16+,17+/m0/s1. The SMILES string of the molecule is C[C@@H](O)[C@H]1C(=O)N2C(C(=O)Cl)=C(S[C@@H]3CN[C@H](C[C@H](C)n4cc[n+](C)c4)C3)[C@H](C)[C@H]12. The molecule has 164 valence electrons. The maximum absolute atomic E-state index is 12.5. The molecular formula is C21H30ClN4O3S+. The Morgan fingerprint density at radius 2 is 2.20 bits per heavy atom. The fourth-order valence-electron chi connectivity index (χ4n) is 5.16. The Bertz CT molecular complexity index is 885. The van der Waals surface area contributed by atoms with Gasteiger partial charge >= 0.3 is 0 Å². The zero-order chi connectivity index (χ0) is 21.7. The summed E-state index contributed by atoms with van der Waals surface area (Å²) in [6.45, 7) is 6.75. The van der Waals surface area contributed by atoms with Gasteiger partial charge in [-0.15, -0.1) is 11.8 Å². The molecule has 0 spiro atoms. The van der Waals surface area contributed by atoms with E-state index in [1.165, 1.54) is 4.90 Å². The number of carbonyl (C=O) groups excluding carboxylic acids is 2. The zero-order valence-electron chi connectivity index (χ0n) is 17.8. The highest BCUT2D eigenvalue weighted by Crippen LogP contribution is 2.52. The van der Waals surface area contributed by atoms with Gasteiger partial charge in [0, 0.05) is 35.1 Å².